The molecule has 0 aromatic carbocycles. The molecule has 0 unspecified atom stereocenters. The fraction of sp³-hybridized carbons (Fsp3) is 0.357. The van der Waals surface area contributed by atoms with E-state index in [9.17, 15) is 0 Å². The van der Waals surface area contributed by atoms with Gasteiger partial charge in [-0.15, -0.1) is 11.3 Å². The van der Waals surface area contributed by atoms with Crippen molar-refractivity contribution < 1.29 is 5.11 Å². The smallest absolute Gasteiger partial charge is 0.184 e. The SMILES string of the molecule is CC1=CC(C)=C(c2csc(NCO)n2)C(C)=CC1. The average Bonchev–Trinajstić information content (AvgIpc) is 2.70. The number of nitrogens with one attached hydrogen (secondary N) is 1. The summed E-state index contributed by atoms with van der Waals surface area (Å²) in [6, 6.07) is 0. The molecule has 1 heterocycles. The van der Waals surface area contributed by atoms with Crippen molar-refractivity contribution in [1.82, 2.24) is 4.98 Å². The normalized spacial score (nSPS) is 16.2. The summed E-state index contributed by atoms with van der Waals surface area (Å²) in [7, 11) is 0. The highest BCUT2D eigenvalue weighted by molar-refractivity contribution is 7.13. The lowest BCUT2D eigenvalue weighted by atomic mass is 10.0. The first-order valence-electron chi connectivity index (χ1n) is 5.97. The van der Waals surface area contributed by atoms with E-state index >= 15 is 0 Å². The van der Waals surface area contributed by atoms with Crippen LogP contribution in [0.25, 0.3) is 5.57 Å². The second-order valence-electron chi connectivity index (χ2n) is 4.51. The van der Waals surface area contributed by atoms with Crippen molar-refractivity contribution in [2.75, 3.05) is 12.0 Å². The van der Waals surface area contributed by atoms with E-state index in [0.29, 0.717) is 0 Å². The Morgan fingerprint density at radius 3 is 2.89 bits per heavy atom. The number of rotatable bonds is 3. The molecule has 0 spiro atoms. The molecular weight excluding hydrogens is 244 g/mol. The van der Waals surface area contributed by atoms with Gasteiger partial charge in [-0.25, -0.2) is 4.98 Å². The molecule has 1 aromatic heterocycles. The highest BCUT2D eigenvalue weighted by Gasteiger charge is 2.13. The van der Waals surface area contributed by atoms with Gasteiger partial charge in [-0.3, -0.25) is 0 Å². The molecule has 0 saturated carbocycles. The van der Waals surface area contributed by atoms with E-state index in [0.717, 1.165) is 17.2 Å². The fourth-order valence-corrected chi connectivity index (χ4v) is 2.86. The lowest BCUT2D eigenvalue weighted by Crippen LogP contribution is -1.99. The van der Waals surface area contributed by atoms with Gasteiger partial charge in [0.1, 0.15) is 6.73 Å². The third-order valence-corrected chi connectivity index (χ3v) is 3.77. The predicted octanol–water partition coefficient (Wildman–Crippen LogP) is 3.57. The van der Waals surface area contributed by atoms with Crippen LogP contribution in [0.3, 0.4) is 0 Å². The van der Waals surface area contributed by atoms with E-state index in [-0.39, 0.29) is 6.73 Å². The van der Waals surface area contributed by atoms with Gasteiger partial charge >= 0.3 is 0 Å². The number of anilines is 1. The van der Waals surface area contributed by atoms with Gasteiger partial charge in [-0.2, -0.15) is 0 Å². The van der Waals surface area contributed by atoms with E-state index in [1.54, 1.807) is 0 Å². The highest BCUT2D eigenvalue weighted by atomic mass is 32.1. The van der Waals surface area contributed by atoms with Crippen LogP contribution in [0, 0.1) is 0 Å². The van der Waals surface area contributed by atoms with Crippen molar-refractivity contribution in [3.8, 4) is 0 Å². The van der Waals surface area contributed by atoms with Crippen LogP contribution in [-0.2, 0) is 0 Å². The van der Waals surface area contributed by atoms with E-state index < -0.39 is 0 Å². The maximum atomic E-state index is 8.85. The second kappa shape index (κ2) is 5.50. The number of nitrogens with zero attached hydrogens (tertiary/aromatic N) is 1. The number of hydrogen-bond donors (Lipinski definition) is 2. The molecule has 1 aliphatic rings. The van der Waals surface area contributed by atoms with Crippen LogP contribution in [0.15, 0.2) is 34.3 Å². The molecule has 18 heavy (non-hydrogen) atoms. The molecule has 0 saturated heterocycles. The van der Waals surface area contributed by atoms with Crippen LogP contribution in [0.1, 0.15) is 32.9 Å². The predicted molar refractivity (Wildman–Crippen MR) is 77.5 cm³/mol. The van der Waals surface area contributed by atoms with Crippen LogP contribution >= 0.6 is 11.3 Å². The Bertz CT molecular complexity index is 538. The summed E-state index contributed by atoms with van der Waals surface area (Å²) < 4.78 is 0. The van der Waals surface area contributed by atoms with Gasteiger partial charge in [0, 0.05) is 11.0 Å². The van der Waals surface area contributed by atoms with Gasteiger partial charge in [0.2, 0.25) is 0 Å². The molecule has 96 valence electrons. The lowest BCUT2D eigenvalue weighted by molar-refractivity contribution is 0.325. The number of thiazole rings is 1. The van der Waals surface area contributed by atoms with Gasteiger partial charge in [-0.05, 0) is 38.3 Å². The maximum absolute atomic E-state index is 8.85. The van der Waals surface area contributed by atoms with Gasteiger partial charge in [-0.1, -0.05) is 17.7 Å². The molecule has 0 fully saturated rings. The van der Waals surface area contributed by atoms with E-state index in [4.69, 9.17) is 5.11 Å². The minimum absolute atomic E-state index is 0.0845. The second-order valence-corrected chi connectivity index (χ2v) is 5.37. The Kier molecular flexibility index (Phi) is 3.99. The fourth-order valence-electron chi connectivity index (χ4n) is 2.17. The summed E-state index contributed by atoms with van der Waals surface area (Å²) in [5.41, 5.74) is 6.06. The molecule has 1 aliphatic carbocycles. The van der Waals surface area contributed by atoms with Crippen molar-refractivity contribution in [1.29, 1.82) is 0 Å². The summed E-state index contributed by atoms with van der Waals surface area (Å²) in [6.07, 6.45) is 5.47. The number of hydrogen-bond acceptors (Lipinski definition) is 4. The lowest BCUT2D eigenvalue weighted by Gasteiger charge is -2.07. The first-order valence-corrected chi connectivity index (χ1v) is 6.85. The summed E-state index contributed by atoms with van der Waals surface area (Å²) in [4.78, 5) is 4.51. The number of allylic oxidation sites excluding steroid dienone is 6. The number of aromatic nitrogens is 1. The largest absolute Gasteiger partial charge is 0.377 e. The summed E-state index contributed by atoms with van der Waals surface area (Å²) >= 11 is 1.52. The molecule has 0 bridgehead atoms. The van der Waals surface area contributed by atoms with Crippen molar-refractivity contribution in [3.05, 3.63) is 39.9 Å². The van der Waals surface area contributed by atoms with Crippen LogP contribution in [0.2, 0.25) is 0 Å². The van der Waals surface area contributed by atoms with Crippen molar-refractivity contribution in [2.24, 2.45) is 0 Å². The van der Waals surface area contributed by atoms with Crippen molar-refractivity contribution >= 4 is 22.0 Å². The van der Waals surface area contributed by atoms with Crippen LogP contribution in [0.4, 0.5) is 5.13 Å². The van der Waals surface area contributed by atoms with Gasteiger partial charge in [0.05, 0.1) is 5.69 Å². The molecule has 0 aliphatic heterocycles. The molecule has 0 radical (unpaired) electrons. The van der Waals surface area contributed by atoms with Crippen LogP contribution in [0.5, 0.6) is 0 Å². The third-order valence-electron chi connectivity index (χ3n) is 2.97. The first kappa shape index (κ1) is 13.1. The minimum atomic E-state index is -0.0845. The Balaban J connectivity index is 2.42. The Labute approximate surface area is 112 Å². The van der Waals surface area contributed by atoms with Crippen LogP contribution in [-0.4, -0.2) is 16.8 Å². The summed E-state index contributed by atoms with van der Waals surface area (Å²) in [5.74, 6) is 0. The van der Waals surface area contributed by atoms with E-state index in [1.807, 2.05) is 5.38 Å². The zero-order chi connectivity index (χ0) is 13.1. The molecule has 0 atom stereocenters. The molecule has 1 aromatic rings. The van der Waals surface area contributed by atoms with Gasteiger partial charge < -0.3 is 10.4 Å². The summed E-state index contributed by atoms with van der Waals surface area (Å²) in [5, 5.41) is 14.5. The topological polar surface area (TPSA) is 45.1 Å². The monoisotopic (exact) mass is 262 g/mol. The Morgan fingerprint density at radius 1 is 1.39 bits per heavy atom. The highest BCUT2D eigenvalue weighted by Crippen LogP contribution is 2.32. The third kappa shape index (κ3) is 2.71. The molecule has 4 heteroatoms. The number of aliphatic hydroxyl groups excluding tert-OH is 1. The van der Waals surface area contributed by atoms with Crippen molar-refractivity contribution in [3.63, 3.8) is 0 Å². The average molecular weight is 262 g/mol. The Morgan fingerprint density at radius 2 is 2.17 bits per heavy atom. The molecule has 0 amide bonds. The first-order chi connectivity index (χ1) is 8.61. The maximum Gasteiger partial charge on any atom is 0.184 e. The van der Waals surface area contributed by atoms with Gasteiger partial charge in [0.25, 0.3) is 0 Å². The molecule has 2 rings (SSSR count). The van der Waals surface area contributed by atoms with Gasteiger partial charge in [0.15, 0.2) is 5.13 Å². The molecular formula is C14H18N2OS. The van der Waals surface area contributed by atoms with Crippen molar-refractivity contribution in [2.45, 2.75) is 27.2 Å². The summed E-state index contributed by atoms with van der Waals surface area (Å²) in [6.45, 7) is 6.32. The zero-order valence-electron chi connectivity index (χ0n) is 10.9. The number of aliphatic hydroxyl groups is 1. The quantitative estimate of drug-likeness (QED) is 0.818. The van der Waals surface area contributed by atoms with Crippen LogP contribution < -0.4 is 5.32 Å². The zero-order valence-corrected chi connectivity index (χ0v) is 11.8. The molecule has 3 nitrogen and oxygen atoms in total. The Hall–Kier alpha value is -1.39. The van der Waals surface area contributed by atoms with E-state index in [2.05, 4.69) is 43.2 Å². The standard InChI is InChI=1S/C14H18N2OS/c1-9-4-5-10(2)13(11(3)6-9)12-7-18-14(16-12)15-8-17/h5-7,17H,4,8H2,1-3H3,(H,15,16). The minimum Gasteiger partial charge on any atom is -0.377 e. The molecule has 2 N–H and O–H groups in total. The van der Waals surface area contributed by atoms with E-state index in [1.165, 1.54) is 33.6 Å².